The highest BCUT2D eigenvalue weighted by Gasteiger charge is 2.33. The molecular weight excluding hydrogens is 294 g/mol. The molecule has 1 aromatic carbocycles. The van der Waals surface area contributed by atoms with E-state index in [9.17, 15) is 4.79 Å². The van der Waals surface area contributed by atoms with E-state index in [4.69, 9.17) is 4.74 Å². The average Bonchev–Trinajstić information content (AvgIpc) is 2.81. The molecule has 3 nitrogen and oxygen atoms in total. The first kappa shape index (κ1) is 13.6. The molecule has 0 bridgehead atoms. The quantitative estimate of drug-likeness (QED) is 0.868. The molecule has 2 rings (SSSR count). The van der Waals surface area contributed by atoms with Crippen LogP contribution in [-0.4, -0.2) is 25.2 Å². The van der Waals surface area contributed by atoms with E-state index >= 15 is 0 Å². The van der Waals surface area contributed by atoms with Gasteiger partial charge in [-0.3, -0.25) is 4.79 Å². The lowest BCUT2D eigenvalue weighted by Gasteiger charge is -2.18. The van der Waals surface area contributed by atoms with Crippen LogP contribution >= 0.6 is 15.9 Å². The molecule has 0 radical (unpaired) electrons. The molecule has 1 fully saturated rings. The number of carbonyl (C=O) groups is 1. The highest BCUT2D eigenvalue weighted by molar-refractivity contribution is 9.10. The van der Waals surface area contributed by atoms with Gasteiger partial charge in [-0.05, 0) is 49.9 Å². The Balaban J connectivity index is 1.99. The van der Waals surface area contributed by atoms with Crippen molar-refractivity contribution in [3.63, 3.8) is 0 Å². The fraction of sp³-hybridized carbons (Fsp3) is 0.500. The van der Waals surface area contributed by atoms with Gasteiger partial charge in [-0.1, -0.05) is 28.1 Å². The highest BCUT2D eigenvalue weighted by Crippen LogP contribution is 2.22. The predicted molar refractivity (Wildman–Crippen MR) is 74.4 cm³/mol. The first-order valence-electron chi connectivity index (χ1n) is 6.35. The maximum atomic E-state index is 11.8. The molecule has 2 atom stereocenters. The van der Waals surface area contributed by atoms with Crippen LogP contribution in [0, 0.1) is 5.92 Å². The van der Waals surface area contributed by atoms with Crippen molar-refractivity contribution in [1.82, 2.24) is 5.32 Å². The average molecular weight is 312 g/mol. The third-order valence-electron chi connectivity index (χ3n) is 3.30. The molecule has 0 unspecified atom stereocenters. The monoisotopic (exact) mass is 311 g/mol. The van der Waals surface area contributed by atoms with E-state index in [0.717, 1.165) is 23.9 Å². The first-order valence-corrected chi connectivity index (χ1v) is 7.14. The summed E-state index contributed by atoms with van der Waals surface area (Å²) in [5.74, 6) is 0.224. The van der Waals surface area contributed by atoms with E-state index in [0.29, 0.717) is 12.5 Å². The summed E-state index contributed by atoms with van der Waals surface area (Å²) in [6.07, 6.45) is 1.95. The molecule has 1 aliphatic heterocycles. The van der Waals surface area contributed by atoms with Gasteiger partial charge in [-0.25, -0.2) is 0 Å². The van der Waals surface area contributed by atoms with Crippen LogP contribution in [0.1, 0.15) is 18.9 Å². The van der Waals surface area contributed by atoms with Crippen molar-refractivity contribution < 1.29 is 9.53 Å². The zero-order valence-corrected chi connectivity index (χ0v) is 12.1. The van der Waals surface area contributed by atoms with E-state index in [1.54, 1.807) is 0 Å². The lowest BCUT2D eigenvalue weighted by molar-refractivity contribution is -0.146. The molecule has 4 heteroatoms. The molecule has 18 heavy (non-hydrogen) atoms. The Bertz CT molecular complexity index is 405. The Kier molecular flexibility index (Phi) is 4.78. The summed E-state index contributed by atoms with van der Waals surface area (Å²) in [6.45, 7) is 3.18. The minimum Gasteiger partial charge on any atom is -0.465 e. The maximum absolute atomic E-state index is 11.8. The number of esters is 1. The number of ether oxygens (including phenoxy) is 1. The van der Waals surface area contributed by atoms with E-state index < -0.39 is 0 Å². The van der Waals surface area contributed by atoms with Gasteiger partial charge in [0, 0.05) is 4.47 Å². The van der Waals surface area contributed by atoms with E-state index in [2.05, 4.69) is 33.4 Å². The molecule has 1 saturated heterocycles. The van der Waals surface area contributed by atoms with Gasteiger partial charge in [0.05, 0.1) is 6.61 Å². The minimum absolute atomic E-state index is 0.114. The summed E-state index contributed by atoms with van der Waals surface area (Å²) >= 11 is 3.43. The lowest BCUT2D eigenvalue weighted by Crippen LogP contribution is -2.37. The highest BCUT2D eigenvalue weighted by atomic mass is 79.9. The van der Waals surface area contributed by atoms with Crippen LogP contribution in [0.3, 0.4) is 0 Å². The van der Waals surface area contributed by atoms with Gasteiger partial charge in [0.1, 0.15) is 6.04 Å². The fourth-order valence-corrected chi connectivity index (χ4v) is 2.67. The summed E-state index contributed by atoms with van der Waals surface area (Å²) in [5.41, 5.74) is 1.26. The second-order valence-electron chi connectivity index (χ2n) is 4.56. The second kappa shape index (κ2) is 6.34. The van der Waals surface area contributed by atoms with Crippen molar-refractivity contribution in [3.05, 3.63) is 34.3 Å². The molecule has 1 aliphatic rings. The number of nitrogens with one attached hydrogen (secondary N) is 1. The summed E-state index contributed by atoms with van der Waals surface area (Å²) in [4.78, 5) is 11.8. The largest absolute Gasteiger partial charge is 0.465 e. The third-order valence-corrected chi connectivity index (χ3v) is 3.83. The number of rotatable bonds is 4. The standard InChI is InChI=1S/C14H18BrNO2/c1-2-18-14(17)13-11(7-8-16-13)9-10-3-5-12(15)6-4-10/h3-6,11,13,16H,2,7-9H2,1H3/t11-,13+/m0/s1. The predicted octanol–water partition coefficient (Wildman–Crippen LogP) is 2.53. The summed E-state index contributed by atoms with van der Waals surface area (Å²) in [6, 6.07) is 8.14. The van der Waals surface area contributed by atoms with E-state index in [1.165, 1.54) is 5.56 Å². The molecule has 98 valence electrons. The number of hydrogen-bond acceptors (Lipinski definition) is 3. The molecule has 1 aromatic rings. The molecule has 1 heterocycles. The van der Waals surface area contributed by atoms with Crippen molar-refractivity contribution in [2.24, 2.45) is 5.92 Å². The van der Waals surface area contributed by atoms with Crippen molar-refractivity contribution in [2.75, 3.05) is 13.2 Å². The number of benzene rings is 1. The number of carbonyl (C=O) groups excluding carboxylic acids is 1. The summed E-state index contributed by atoms with van der Waals surface area (Å²) in [5, 5.41) is 3.24. The fourth-order valence-electron chi connectivity index (χ4n) is 2.41. The Morgan fingerprint density at radius 3 is 2.83 bits per heavy atom. The van der Waals surface area contributed by atoms with Crippen LogP contribution in [0.15, 0.2) is 28.7 Å². The Labute approximate surface area is 116 Å². The lowest BCUT2D eigenvalue weighted by atomic mass is 9.93. The van der Waals surface area contributed by atoms with Crippen LogP contribution < -0.4 is 5.32 Å². The molecule has 1 N–H and O–H groups in total. The van der Waals surface area contributed by atoms with Gasteiger partial charge >= 0.3 is 5.97 Å². The Morgan fingerprint density at radius 1 is 1.44 bits per heavy atom. The van der Waals surface area contributed by atoms with Crippen LogP contribution in [-0.2, 0) is 16.0 Å². The maximum Gasteiger partial charge on any atom is 0.323 e. The Morgan fingerprint density at radius 2 is 2.17 bits per heavy atom. The van der Waals surface area contributed by atoms with Gasteiger partial charge in [0.25, 0.3) is 0 Å². The zero-order valence-electron chi connectivity index (χ0n) is 10.5. The minimum atomic E-state index is -0.145. The number of hydrogen-bond donors (Lipinski definition) is 1. The van der Waals surface area contributed by atoms with Crippen LogP contribution in [0.25, 0.3) is 0 Å². The van der Waals surface area contributed by atoms with Crippen LogP contribution in [0.2, 0.25) is 0 Å². The van der Waals surface area contributed by atoms with Gasteiger partial charge in [-0.15, -0.1) is 0 Å². The van der Waals surface area contributed by atoms with Gasteiger partial charge in [0.15, 0.2) is 0 Å². The molecule has 0 aliphatic carbocycles. The van der Waals surface area contributed by atoms with E-state index in [1.807, 2.05) is 19.1 Å². The molecule has 0 amide bonds. The zero-order chi connectivity index (χ0) is 13.0. The third kappa shape index (κ3) is 3.33. The van der Waals surface area contributed by atoms with Crippen molar-refractivity contribution in [1.29, 1.82) is 0 Å². The summed E-state index contributed by atoms with van der Waals surface area (Å²) in [7, 11) is 0. The van der Waals surface area contributed by atoms with Crippen molar-refractivity contribution in [3.8, 4) is 0 Å². The van der Waals surface area contributed by atoms with Crippen LogP contribution in [0.5, 0.6) is 0 Å². The van der Waals surface area contributed by atoms with E-state index in [-0.39, 0.29) is 12.0 Å². The van der Waals surface area contributed by atoms with Crippen molar-refractivity contribution >= 4 is 21.9 Å². The van der Waals surface area contributed by atoms with Crippen LogP contribution in [0.4, 0.5) is 0 Å². The molecular formula is C14H18BrNO2. The molecule has 0 spiro atoms. The van der Waals surface area contributed by atoms with Gasteiger partial charge in [-0.2, -0.15) is 0 Å². The van der Waals surface area contributed by atoms with Gasteiger partial charge in [0.2, 0.25) is 0 Å². The van der Waals surface area contributed by atoms with Crippen molar-refractivity contribution in [2.45, 2.75) is 25.8 Å². The number of halogens is 1. The normalized spacial score (nSPS) is 23.0. The SMILES string of the molecule is CCOC(=O)[C@@H]1NCC[C@H]1Cc1ccc(Br)cc1. The topological polar surface area (TPSA) is 38.3 Å². The molecule has 0 saturated carbocycles. The Hall–Kier alpha value is -0.870. The summed E-state index contributed by atoms with van der Waals surface area (Å²) < 4.78 is 6.19. The smallest absolute Gasteiger partial charge is 0.323 e. The molecule has 0 aromatic heterocycles. The first-order chi connectivity index (χ1) is 8.70. The van der Waals surface area contributed by atoms with Gasteiger partial charge < -0.3 is 10.1 Å². The second-order valence-corrected chi connectivity index (χ2v) is 5.48.